The Morgan fingerprint density at radius 2 is 2.18 bits per heavy atom. The van der Waals surface area contributed by atoms with Gasteiger partial charge in [-0.15, -0.1) is 0 Å². The Labute approximate surface area is 97.3 Å². The Hall–Kier alpha value is -2.30. The number of fused-ring (bicyclic) bond motifs is 1. The Kier molecular flexibility index (Phi) is 2.82. The Morgan fingerprint density at radius 1 is 1.41 bits per heavy atom. The quantitative estimate of drug-likeness (QED) is 0.552. The van der Waals surface area contributed by atoms with Crippen LogP contribution < -0.4 is 5.73 Å². The van der Waals surface area contributed by atoms with Gasteiger partial charge in [0.25, 0.3) is 0 Å². The van der Waals surface area contributed by atoms with Crippen LogP contribution in [0.1, 0.15) is 17.7 Å². The Morgan fingerprint density at radius 3 is 2.82 bits per heavy atom. The second-order valence-electron chi connectivity index (χ2n) is 3.77. The second-order valence-corrected chi connectivity index (χ2v) is 3.77. The number of nitrogen functional groups attached to an aromatic ring is 1. The van der Waals surface area contributed by atoms with Gasteiger partial charge in [0.2, 0.25) is 0 Å². The average Bonchev–Trinajstić information content (AvgIpc) is 2.67. The van der Waals surface area contributed by atoms with E-state index in [0.717, 1.165) is 5.39 Å². The van der Waals surface area contributed by atoms with Gasteiger partial charge in [-0.2, -0.15) is 0 Å². The predicted molar refractivity (Wildman–Crippen MR) is 63.2 cm³/mol. The molecule has 0 spiro atoms. The lowest BCUT2D eigenvalue weighted by molar-refractivity contribution is -0.137. The summed E-state index contributed by atoms with van der Waals surface area (Å²) in [5.74, 6) is -0.224. The molecule has 0 fully saturated rings. The van der Waals surface area contributed by atoms with Crippen molar-refractivity contribution >= 4 is 22.8 Å². The summed E-state index contributed by atoms with van der Waals surface area (Å²) in [5.41, 5.74) is 6.69. The summed E-state index contributed by atoms with van der Waals surface area (Å²) in [4.78, 5) is 10.4. The molecule has 1 aromatic heterocycles. The molecule has 5 nitrogen and oxygen atoms in total. The molecule has 1 heterocycles. The molecule has 2 rings (SSSR count). The molecular formula is C12H12N2O3. The van der Waals surface area contributed by atoms with Gasteiger partial charge in [0.1, 0.15) is 17.2 Å². The molecule has 0 unspecified atom stereocenters. The molecule has 0 aliphatic heterocycles. The average molecular weight is 232 g/mol. The van der Waals surface area contributed by atoms with Gasteiger partial charge in [0, 0.05) is 17.4 Å². The van der Waals surface area contributed by atoms with Crippen molar-refractivity contribution in [3.63, 3.8) is 0 Å². The molecule has 0 aliphatic carbocycles. The van der Waals surface area contributed by atoms with E-state index < -0.39 is 5.97 Å². The van der Waals surface area contributed by atoms with Gasteiger partial charge >= 0.3 is 5.97 Å². The zero-order chi connectivity index (χ0) is 12.4. The highest BCUT2D eigenvalue weighted by Gasteiger charge is 2.07. The smallest absolute Gasteiger partial charge is 0.303 e. The first kappa shape index (κ1) is 11.2. The molecule has 5 heteroatoms. The molecule has 2 aromatic rings. The molecule has 0 aliphatic rings. The molecule has 0 saturated heterocycles. The van der Waals surface area contributed by atoms with Crippen molar-refractivity contribution in [1.29, 1.82) is 5.41 Å². The Balaban J connectivity index is 2.30. The molecule has 0 atom stereocenters. The van der Waals surface area contributed by atoms with Crippen molar-refractivity contribution < 1.29 is 14.3 Å². The van der Waals surface area contributed by atoms with Crippen LogP contribution in [0.25, 0.3) is 11.0 Å². The third kappa shape index (κ3) is 2.44. The van der Waals surface area contributed by atoms with Crippen molar-refractivity contribution in [1.82, 2.24) is 0 Å². The van der Waals surface area contributed by atoms with E-state index >= 15 is 0 Å². The fourth-order valence-electron chi connectivity index (χ4n) is 1.62. The van der Waals surface area contributed by atoms with Crippen LogP contribution in [0.5, 0.6) is 0 Å². The van der Waals surface area contributed by atoms with Crippen LogP contribution in [-0.2, 0) is 11.2 Å². The van der Waals surface area contributed by atoms with Crippen LogP contribution >= 0.6 is 0 Å². The lowest BCUT2D eigenvalue weighted by Gasteiger charge is -1.96. The number of furan rings is 1. The topological polar surface area (TPSA) is 100 Å². The number of aliphatic carboxylic acids is 1. The van der Waals surface area contributed by atoms with Crippen LogP contribution in [0.3, 0.4) is 0 Å². The van der Waals surface area contributed by atoms with Crippen LogP contribution in [0.2, 0.25) is 0 Å². The number of hydrogen-bond acceptors (Lipinski definition) is 3. The number of amidine groups is 1. The van der Waals surface area contributed by atoms with Gasteiger partial charge in [0.15, 0.2) is 0 Å². The molecule has 0 amide bonds. The normalized spacial score (nSPS) is 10.6. The molecule has 4 N–H and O–H groups in total. The minimum Gasteiger partial charge on any atom is -0.481 e. The van der Waals surface area contributed by atoms with E-state index in [9.17, 15) is 4.79 Å². The van der Waals surface area contributed by atoms with E-state index in [2.05, 4.69) is 0 Å². The molecular weight excluding hydrogens is 220 g/mol. The summed E-state index contributed by atoms with van der Waals surface area (Å²) >= 11 is 0. The molecule has 88 valence electrons. The third-order valence-electron chi connectivity index (χ3n) is 2.46. The van der Waals surface area contributed by atoms with Crippen molar-refractivity contribution in [2.75, 3.05) is 0 Å². The lowest BCUT2D eigenvalue weighted by Crippen LogP contribution is -2.10. The summed E-state index contributed by atoms with van der Waals surface area (Å²) in [6.07, 6.45) is 0.402. The van der Waals surface area contributed by atoms with Crippen molar-refractivity contribution in [2.45, 2.75) is 12.8 Å². The minimum absolute atomic E-state index is 0.000172. The van der Waals surface area contributed by atoms with Crippen molar-refractivity contribution in [3.8, 4) is 0 Å². The first-order chi connectivity index (χ1) is 8.06. The van der Waals surface area contributed by atoms with E-state index in [1.165, 1.54) is 0 Å². The third-order valence-corrected chi connectivity index (χ3v) is 2.46. The van der Waals surface area contributed by atoms with Gasteiger partial charge in [-0.05, 0) is 24.3 Å². The van der Waals surface area contributed by atoms with E-state index in [0.29, 0.717) is 23.3 Å². The molecule has 17 heavy (non-hydrogen) atoms. The fraction of sp³-hybridized carbons (Fsp3) is 0.167. The summed E-state index contributed by atoms with van der Waals surface area (Å²) in [6, 6.07) is 6.97. The SMILES string of the molecule is N=C(N)c1ccc2oc(CCC(=O)O)cc2c1. The summed E-state index contributed by atoms with van der Waals surface area (Å²) in [7, 11) is 0. The van der Waals surface area contributed by atoms with Gasteiger partial charge < -0.3 is 15.3 Å². The number of rotatable bonds is 4. The van der Waals surface area contributed by atoms with Crippen molar-refractivity contribution in [2.24, 2.45) is 5.73 Å². The second kappa shape index (κ2) is 4.29. The molecule has 0 bridgehead atoms. The van der Waals surface area contributed by atoms with Gasteiger partial charge in [-0.25, -0.2) is 0 Å². The number of carboxylic acid groups (broad SMARTS) is 1. The Bertz CT molecular complexity index is 586. The minimum atomic E-state index is -0.852. The maximum absolute atomic E-state index is 10.4. The van der Waals surface area contributed by atoms with E-state index in [4.69, 9.17) is 20.7 Å². The van der Waals surface area contributed by atoms with E-state index in [1.54, 1.807) is 24.3 Å². The maximum Gasteiger partial charge on any atom is 0.303 e. The standard InChI is InChI=1S/C12H12N2O3/c13-12(14)7-1-3-10-8(5-7)6-9(17-10)2-4-11(15)16/h1,3,5-6H,2,4H2,(H3,13,14)(H,15,16). The largest absolute Gasteiger partial charge is 0.481 e. The van der Waals surface area contributed by atoms with Gasteiger partial charge in [-0.3, -0.25) is 10.2 Å². The number of benzene rings is 1. The molecule has 0 saturated carbocycles. The van der Waals surface area contributed by atoms with E-state index in [1.807, 2.05) is 0 Å². The number of nitrogens with two attached hydrogens (primary N) is 1. The van der Waals surface area contributed by atoms with Crippen molar-refractivity contribution in [3.05, 3.63) is 35.6 Å². The fourth-order valence-corrected chi connectivity index (χ4v) is 1.62. The number of nitrogens with one attached hydrogen (secondary N) is 1. The highest BCUT2D eigenvalue weighted by Crippen LogP contribution is 2.21. The van der Waals surface area contributed by atoms with Crippen LogP contribution in [-0.4, -0.2) is 16.9 Å². The summed E-state index contributed by atoms with van der Waals surface area (Å²) in [6.45, 7) is 0. The lowest BCUT2D eigenvalue weighted by atomic mass is 10.1. The predicted octanol–water partition coefficient (Wildman–Crippen LogP) is 1.73. The first-order valence-corrected chi connectivity index (χ1v) is 5.15. The van der Waals surface area contributed by atoms with Crippen LogP contribution in [0.4, 0.5) is 0 Å². The van der Waals surface area contributed by atoms with Crippen LogP contribution in [0, 0.1) is 5.41 Å². The number of aryl methyl sites for hydroxylation is 1. The zero-order valence-electron chi connectivity index (χ0n) is 9.06. The van der Waals surface area contributed by atoms with Gasteiger partial charge in [-0.1, -0.05) is 0 Å². The van der Waals surface area contributed by atoms with E-state index in [-0.39, 0.29) is 12.3 Å². The molecule has 1 aromatic carbocycles. The summed E-state index contributed by atoms with van der Waals surface area (Å²) < 4.78 is 5.48. The maximum atomic E-state index is 10.4. The summed E-state index contributed by atoms with van der Waals surface area (Å²) in [5, 5.41) is 16.7. The monoisotopic (exact) mass is 232 g/mol. The highest BCUT2D eigenvalue weighted by molar-refractivity contribution is 5.98. The number of carboxylic acids is 1. The number of carbonyl (C=O) groups is 1. The van der Waals surface area contributed by atoms with Gasteiger partial charge in [0.05, 0.1) is 6.42 Å². The zero-order valence-corrected chi connectivity index (χ0v) is 9.06. The number of hydrogen-bond donors (Lipinski definition) is 3. The van der Waals surface area contributed by atoms with Crippen LogP contribution in [0.15, 0.2) is 28.7 Å². The molecule has 0 radical (unpaired) electrons. The first-order valence-electron chi connectivity index (χ1n) is 5.15. The highest BCUT2D eigenvalue weighted by atomic mass is 16.4.